The molecule has 1 heterocycles. The predicted octanol–water partition coefficient (Wildman–Crippen LogP) is 4.22. The van der Waals surface area contributed by atoms with Gasteiger partial charge < -0.3 is 0 Å². The molecule has 0 aliphatic heterocycles. The van der Waals surface area contributed by atoms with Gasteiger partial charge in [0.15, 0.2) is 0 Å². The number of aromatic nitrogens is 1. The van der Waals surface area contributed by atoms with Gasteiger partial charge in [-0.05, 0) is 42.3 Å². The molecule has 2 aromatic carbocycles. The van der Waals surface area contributed by atoms with Gasteiger partial charge in [0.2, 0.25) is 7.29 Å². The standard InChI is InChI=1S/C21H21N2OP/c1-2-10-21(18-11-9-16-22-17-18)23-25(24,19-12-5-3-6-13-19)20-14-7-4-8-15-20/h2-9,11-17,21H,1,10H2,(H,23,24). The fourth-order valence-corrected chi connectivity index (χ4v) is 5.28. The average molecular weight is 348 g/mol. The van der Waals surface area contributed by atoms with Crippen LogP contribution in [0.2, 0.25) is 0 Å². The van der Waals surface area contributed by atoms with Crippen molar-refractivity contribution in [3.8, 4) is 0 Å². The van der Waals surface area contributed by atoms with E-state index >= 15 is 0 Å². The molecule has 0 bridgehead atoms. The zero-order valence-electron chi connectivity index (χ0n) is 14.0. The van der Waals surface area contributed by atoms with Crippen LogP contribution in [0.1, 0.15) is 18.0 Å². The SMILES string of the molecule is C=CCC(NP(=O)(c1ccccc1)c1ccccc1)c1cccnc1. The van der Waals surface area contributed by atoms with Gasteiger partial charge in [0.1, 0.15) is 0 Å². The minimum atomic E-state index is -3.00. The lowest BCUT2D eigenvalue weighted by atomic mass is 10.1. The Labute approximate surface area is 148 Å². The maximum absolute atomic E-state index is 14.1. The summed E-state index contributed by atoms with van der Waals surface area (Å²) in [4.78, 5) is 4.20. The van der Waals surface area contributed by atoms with Crippen LogP contribution in [0, 0.1) is 0 Å². The van der Waals surface area contributed by atoms with Crippen LogP contribution < -0.4 is 15.7 Å². The zero-order valence-corrected chi connectivity index (χ0v) is 14.8. The van der Waals surface area contributed by atoms with Crippen molar-refractivity contribution in [1.29, 1.82) is 0 Å². The number of hydrogen-bond acceptors (Lipinski definition) is 2. The van der Waals surface area contributed by atoms with Crippen molar-refractivity contribution in [3.63, 3.8) is 0 Å². The van der Waals surface area contributed by atoms with Gasteiger partial charge in [0, 0.05) is 29.0 Å². The van der Waals surface area contributed by atoms with Crippen molar-refractivity contribution in [1.82, 2.24) is 10.1 Å². The molecule has 1 N–H and O–H groups in total. The molecule has 0 spiro atoms. The van der Waals surface area contributed by atoms with Gasteiger partial charge in [-0.25, -0.2) is 0 Å². The van der Waals surface area contributed by atoms with E-state index in [2.05, 4.69) is 16.7 Å². The second kappa shape index (κ2) is 8.06. The largest absolute Gasteiger partial charge is 0.297 e. The number of hydrogen-bond donors (Lipinski definition) is 1. The minimum Gasteiger partial charge on any atom is -0.297 e. The summed E-state index contributed by atoms with van der Waals surface area (Å²) in [5.74, 6) is 0. The molecule has 0 aliphatic carbocycles. The van der Waals surface area contributed by atoms with Crippen LogP contribution in [-0.4, -0.2) is 4.98 Å². The molecule has 0 radical (unpaired) electrons. The molecule has 0 saturated carbocycles. The van der Waals surface area contributed by atoms with Crippen molar-refractivity contribution >= 4 is 17.9 Å². The van der Waals surface area contributed by atoms with E-state index in [1.165, 1.54) is 0 Å². The first-order valence-electron chi connectivity index (χ1n) is 8.24. The molecule has 0 aliphatic rings. The Morgan fingerprint density at radius 1 is 0.960 bits per heavy atom. The summed E-state index contributed by atoms with van der Waals surface area (Å²) in [5.41, 5.74) is 0.995. The summed E-state index contributed by atoms with van der Waals surface area (Å²) >= 11 is 0. The molecule has 3 rings (SSSR count). The van der Waals surface area contributed by atoms with Crippen molar-refractivity contribution in [2.45, 2.75) is 12.5 Å². The minimum absolute atomic E-state index is 0.127. The van der Waals surface area contributed by atoms with E-state index in [9.17, 15) is 4.57 Å². The normalized spacial score (nSPS) is 12.5. The highest BCUT2D eigenvalue weighted by molar-refractivity contribution is 7.76. The van der Waals surface area contributed by atoms with Crippen molar-refractivity contribution in [3.05, 3.63) is 103 Å². The average Bonchev–Trinajstić information content (AvgIpc) is 2.69. The maximum atomic E-state index is 14.1. The second-order valence-electron chi connectivity index (χ2n) is 5.77. The smallest absolute Gasteiger partial charge is 0.205 e. The summed E-state index contributed by atoms with van der Waals surface area (Å²) in [6, 6.07) is 22.9. The monoisotopic (exact) mass is 348 g/mol. The lowest BCUT2D eigenvalue weighted by Crippen LogP contribution is -2.30. The van der Waals surface area contributed by atoms with Crippen LogP contribution >= 0.6 is 7.29 Å². The molecule has 126 valence electrons. The van der Waals surface area contributed by atoms with E-state index < -0.39 is 7.29 Å². The third-order valence-electron chi connectivity index (χ3n) is 4.07. The zero-order chi connectivity index (χ0) is 17.5. The molecule has 1 atom stereocenters. The summed E-state index contributed by atoms with van der Waals surface area (Å²) in [6.45, 7) is 3.85. The lowest BCUT2D eigenvalue weighted by molar-refractivity contribution is 0.561. The first-order chi connectivity index (χ1) is 12.2. The molecule has 3 nitrogen and oxygen atoms in total. The van der Waals surface area contributed by atoms with Gasteiger partial charge in [0.05, 0.1) is 0 Å². The molecule has 1 unspecified atom stereocenters. The summed E-state index contributed by atoms with van der Waals surface area (Å²) in [6.07, 6.45) is 6.05. The maximum Gasteiger partial charge on any atom is 0.205 e. The van der Waals surface area contributed by atoms with Gasteiger partial charge in [-0.3, -0.25) is 14.6 Å². The van der Waals surface area contributed by atoms with Crippen molar-refractivity contribution < 1.29 is 4.57 Å². The fourth-order valence-electron chi connectivity index (χ4n) is 2.81. The second-order valence-corrected chi connectivity index (χ2v) is 8.28. The van der Waals surface area contributed by atoms with Crippen LogP contribution in [0.3, 0.4) is 0 Å². The van der Waals surface area contributed by atoms with E-state index in [0.29, 0.717) is 6.42 Å². The van der Waals surface area contributed by atoms with Crippen LogP contribution in [0.25, 0.3) is 0 Å². The Morgan fingerprint density at radius 2 is 1.56 bits per heavy atom. The third kappa shape index (κ3) is 3.96. The molecule has 25 heavy (non-hydrogen) atoms. The van der Waals surface area contributed by atoms with Gasteiger partial charge in [-0.2, -0.15) is 0 Å². The van der Waals surface area contributed by atoms with Crippen molar-refractivity contribution in [2.24, 2.45) is 0 Å². The van der Waals surface area contributed by atoms with Crippen molar-refractivity contribution in [2.75, 3.05) is 0 Å². The van der Waals surface area contributed by atoms with E-state index in [-0.39, 0.29) is 6.04 Å². The Balaban J connectivity index is 2.06. The molecular formula is C21H21N2OP. The van der Waals surface area contributed by atoms with Gasteiger partial charge in [-0.15, -0.1) is 6.58 Å². The highest BCUT2D eigenvalue weighted by Gasteiger charge is 2.30. The molecule has 0 saturated heterocycles. The third-order valence-corrected chi connectivity index (χ3v) is 6.79. The van der Waals surface area contributed by atoms with Gasteiger partial charge >= 0.3 is 0 Å². The van der Waals surface area contributed by atoms with Gasteiger partial charge in [0.25, 0.3) is 0 Å². The number of rotatable bonds is 7. The molecule has 1 aromatic heterocycles. The highest BCUT2D eigenvalue weighted by atomic mass is 31.2. The topological polar surface area (TPSA) is 42.0 Å². The van der Waals surface area contributed by atoms with E-state index in [1.807, 2.05) is 85.1 Å². The van der Waals surface area contributed by atoms with Crippen LogP contribution in [0.4, 0.5) is 0 Å². The fraction of sp³-hybridized carbons (Fsp3) is 0.0952. The Kier molecular flexibility index (Phi) is 5.60. The number of pyridine rings is 1. The summed E-state index contributed by atoms with van der Waals surface area (Å²) in [5, 5.41) is 5.01. The molecule has 0 fully saturated rings. The molecule has 4 heteroatoms. The lowest BCUT2D eigenvalue weighted by Gasteiger charge is -2.26. The molecule has 3 aromatic rings. The summed E-state index contributed by atoms with van der Waals surface area (Å²) < 4.78 is 14.1. The molecular weight excluding hydrogens is 327 g/mol. The van der Waals surface area contributed by atoms with Crippen LogP contribution in [-0.2, 0) is 4.57 Å². The Morgan fingerprint density at radius 3 is 2.04 bits per heavy atom. The Bertz CT molecular complexity index is 807. The molecule has 0 amide bonds. The highest BCUT2D eigenvalue weighted by Crippen LogP contribution is 2.42. The number of benzene rings is 2. The van der Waals surface area contributed by atoms with E-state index in [1.54, 1.807) is 6.20 Å². The Hall–Kier alpha value is -2.48. The first kappa shape index (κ1) is 17.3. The summed E-state index contributed by atoms with van der Waals surface area (Å²) in [7, 11) is -3.00. The number of nitrogens with one attached hydrogen (secondary N) is 1. The van der Waals surface area contributed by atoms with E-state index in [0.717, 1.165) is 16.2 Å². The quantitative estimate of drug-likeness (QED) is 0.513. The number of nitrogens with zero attached hydrogens (tertiary/aromatic N) is 1. The first-order valence-corrected chi connectivity index (χ1v) is 9.94. The predicted molar refractivity (Wildman–Crippen MR) is 105 cm³/mol. The van der Waals surface area contributed by atoms with Gasteiger partial charge in [-0.1, -0.05) is 48.5 Å². The van der Waals surface area contributed by atoms with E-state index in [4.69, 9.17) is 0 Å². The van der Waals surface area contributed by atoms with Crippen LogP contribution in [0.15, 0.2) is 97.8 Å². The van der Waals surface area contributed by atoms with Crippen LogP contribution in [0.5, 0.6) is 0 Å².